The van der Waals surface area contributed by atoms with Crippen molar-refractivity contribution in [1.82, 2.24) is 5.01 Å². The smallest absolute Gasteiger partial charge is 0.261 e. The van der Waals surface area contributed by atoms with E-state index < -0.39 is 5.38 Å². The van der Waals surface area contributed by atoms with Crippen LogP contribution >= 0.6 is 23.2 Å². The first-order chi connectivity index (χ1) is 10.6. The van der Waals surface area contributed by atoms with Gasteiger partial charge in [0.25, 0.3) is 5.91 Å². The Bertz CT molecular complexity index is 693. The molecule has 114 valence electrons. The molecule has 4 nitrogen and oxygen atoms in total. The number of hydrogen-bond acceptors (Lipinski definition) is 3. The van der Waals surface area contributed by atoms with Crippen molar-refractivity contribution < 1.29 is 9.21 Å². The first kappa shape index (κ1) is 15.1. The Kier molecular flexibility index (Phi) is 4.23. The summed E-state index contributed by atoms with van der Waals surface area (Å²) in [7, 11) is 0. The maximum atomic E-state index is 12.3. The van der Waals surface area contributed by atoms with E-state index in [-0.39, 0.29) is 11.9 Å². The van der Waals surface area contributed by atoms with Crippen molar-refractivity contribution in [2.24, 2.45) is 5.10 Å². The first-order valence-corrected chi connectivity index (χ1v) is 7.71. The van der Waals surface area contributed by atoms with Crippen LogP contribution in [0, 0.1) is 0 Å². The number of rotatable bonds is 3. The molecule has 2 atom stereocenters. The lowest BCUT2D eigenvalue weighted by Gasteiger charge is -2.20. The lowest BCUT2D eigenvalue weighted by molar-refractivity contribution is -0.132. The van der Waals surface area contributed by atoms with Gasteiger partial charge < -0.3 is 4.42 Å². The van der Waals surface area contributed by atoms with Crippen LogP contribution in [0.3, 0.4) is 0 Å². The molecule has 0 saturated carbocycles. The normalized spacial score (nSPS) is 19.1. The van der Waals surface area contributed by atoms with Gasteiger partial charge in [-0.3, -0.25) is 4.79 Å². The molecule has 1 aromatic carbocycles. The van der Waals surface area contributed by atoms with E-state index in [2.05, 4.69) is 5.10 Å². The number of hydrazone groups is 1. The summed E-state index contributed by atoms with van der Waals surface area (Å²) in [6, 6.07) is 10.7. The summed E-state index contributed by atoms with van der Waals surface area (Å²) in [5, 5.41) is 5.89. The third-order valence-corrected chi connectivity index (χ3v) is 3.96. The van der Waals surface area contributed by atoms with Crippen LogP contribution in [0.15, 0.2) is 52.2 Å². The number of halogens is 2. The maximum absolute atomic E-state index is 12.3. The van der Waals surface area contributed by atoms with E-state index in [0.717, 1.165) is 11.3 Å². The number of furan rings is 1. The molecule has 2 unspecified atom stereocenters. The van der Waals surface area contributed by atoms with E-state index in [1.807, 2.05) is 18.2 Å². The van der Waals surface area contributed by atoms with E-state index in [1.54, 1.807) is 31.4 Å². The Morgan fingerprint density at radius 1 is 1.36 bits per heavy atom. The summed E-state index contributed by atoms with van der Waals surface area (Å²) in [4.78, 5) is 12.3. The van der Waals surface area contributed by atoms with Gasteiger partial charge in [0, 0.05) is 11.4 Å². The third-order valence-electron chi connectivity index (χ3n) is 3.53. The van der Waals surface area contributed by atoms with Gasteiger partial charge in [-0.05, 0) is 36.8 Å². The van der Waals surface area contributed by atoms with Crippen molar-refractivity contribution in [3.05, 3.63) is 59.0 Å². The predicted octanol–water partition coefficient (Wildman–Crippen LogP) is 4.24. The van der Waals surface area contributed by atoms with Crippen LogP contribution < -0.4 is 0 Å². The van der Waals surface area contributed by atoms with Gasteiger partial charge >= 0.3 is 0 Å². The highest BCUT2D eigenvalue weighted by Crippen LogP contribution is 2.34. The Labute approximate surface area is 138 Å². The quantitative estimate of drug-likeness (QED) is 0.787. The maximum Gasteiger partial charge on any atom is 0.261 e. The fourth-order valence-electron chi connectivity index (χ4n) is 2.42. The van der Waals surface area contributed by atoms with Gasteiger partial charge in [-0.2, -0.15) is 5.10 Å². The zero-order valence-corrected chi connectivity index (χ0v) is 13.4. The summed E-state index contributed by atoms with van der Waals surface area (Å²) in [6.45, 7) is 1.64. The average molecular weight is 337 g/mol. The summed E-state index contributed by atoms with van der Waals surface area (Å²) in [5.74, 6) is 0.449. The topological polar surface area (TPSA) is 45.8 Å². The molecule has 0 fully saturated rings. The molecular weight excluding hydrogens is 323 g/mol. The van der Waals surface area contributed by atoms with Crippen LogP contribution in [0.2, 0.25) is 5.02 Å². The molecule has 0 bridgehead atoms. The molecule has 1 aromatic heterocycles. The van der Waals surface area contributed by atoms with Crippen molar-refractivity contribution in [1.29, 1.82) is 0 Å². The summed E-state index contributed by atoms with van der Waals surface area (Å²) >= 11 is 11.9. The molecule has 1 aliphatic rings. The number of carbonyl (C=O) groups excluding carboxylic acids is 1. The fraction of sp³-hybridized carbons (Fsp3) is 0.250. The van der Waals surface area contributed by atoms with Crippen molar-refractivity contribution in [2.45, 2.75) is 24.8 Å². The van der Waals surface area contributed by atoms with Crippen molar-refractivity contribution in [3.63, 3.8) is 0 Å². The van der Waals surface area contributed by atoms with Crippen LogP contribution in [0.1, 0.15) is 30.7 Å². The van der Waals surface area contributed by atoms with Crippen LogP contribution in [0.5, 0.6) is 0 Å². The van der Waals surface area contributed by atoms with Gasteiger partial charge in [-0.1, -0.05) is 23.7 Å². The Morgan fingerprint density at radius 2 is 2.09 bits per heavy atom. The van der Waals surface area contributed by atoms with E-state index in [0.29, 0.717) is 17.2 Å². The molecule has 2 aromatic rings. The number of nitrogens with zero attached hydrogens (tertiary/aromatic N) is 2. The molecule has 22 heavy (non-hydrogen) atoms. The minimum absolute atomic E-state index is 0.243. The van der Waals surface area contributed by atoms with Gasteiger partial charge in [0.2, 0.25) is 0 Å². The van der Waals surface area contributed by atoms with Crippen LogP contribution in [0.4, 0.5) is 0 Å². The summed E-state index contributed by atoms with van der Waals surface area (Å²) in [6.07, 6.45) is 2.16. The lowest BCUT2D eigenvalue weighted by atomic mass is 10.0. The fourth-order valence-corrected chi connectivity index (χ4v) is 2.64. The van der Waals surface area contributed by atoms with Crippen LogP contribution in [0.25, 0.3) is 0 Å². The number of alkyl halides is 1. The second-order valence-electron chi connectivity index (χ2n) is 5.09. The molecule has 0 aliphatic carbocycles. The van der Waals surface area contributed by atoms with Gasteiger partial charge in [0.05, 0.1) is 12.0 Å². The molecule has 0 spiro atoms. The molecule has 1 amide bonds. The number of benzene rings is 1. The molecule has 0 saturated heterocycles. The summed E-state index contributed by atoms with van der Waals surface area (Å²) in [5.41, 5.74) is 1.74. The zero-order chi connectivity index (χ0) is 15.7. The number of carbonyl (C=O) groups is 1. The number of amides is 1. The van der Waals surface area contributed by atoms with Crippen LogP contribution in [-0.2, 0) is 4.79 Å². The van der Waals surface area contributed by atoms with E-state index in [1.165, 1.54) is 5.01 Å². The first-order valence-electron chi connectivity index (χ1n) is 6.90. The second kappa shape index (κ2) is 6.15. The Morgan fingerprint density at radius 3 is 2.68 bits per heavy atom. The SMILES string of the molecule is CC(Cl)C(=O)N1N=C(c2ccc(Cl)cc2)CC1c1ccco1. The third kappa shape index (κ3) is 2.89. The molecular formula is C16H14Cl2N2O2. The highest BCUT2D eigenvalue weighted by molar-refractivity contribution is 6.31. The zero-order valence-electron chi connectivity index (χ0n) is 11.9. The highest BCUT2D eigenvalue weighted by atomic mass is 35.5. The molecule has 6 heteroatoms. The van der Waals surface area contributed by atoms with Crippen molar-refractivity contribution >= 4 is 34.8 Å². The molecule has 0 N–H and O–H groups in total. The lowest BCUT2D eigenvalue weighted by Crippen LogP contribution is -2.32. The second-order valence-corrected chi connectivity index (χ2v) is 6.18. The molecule has 3 rings (SSSR count). The van der Waals surface area contributed by atoms with Gasteiger partial charge in [0.15, 0.2) is 0 Å². The summed E-state index contributed by atoms with van der Waals surface area (Å²) < 4.78 is 5.45. The molecule has 2 heterocycles. The van der Waals surface area contributed by atoms with Gasteiger partial charge in [-0.15, -0.1) is 11.6 Å². The van der Waals surface area contributed by atoms with Crippen molar-refractivity contribution in [3.8, 4) is 0 Å². The highest BCUT2D eigenvalue weighted by Gasteiger charge is 2.36. The largest absolute Gasteiger partial charge is 0.467 e. The average Bonchev–Trinajstić information content (AvgIpc) is 3.16. The minimum atomic E-state index is -0.647. The number of hydrogen-bond donors (Lipinski definition) is 0. The van der Waals surface area contributed by atoms with E-state index in [9.17, 15) is 4.79 Å². The van der Waals surface area contributed by atoms with Crippen molar-refractivity contribution in [2.75, 3.05) is 0 Å². The van der Waals surface area contributed by atoms with E-state index in [4.69, 9.17) is 27.6 Å². The Balaban J connectivity index is 1.94. The molecule has 1 aliphatic heterocycles. The van der Waals surface area contributed by atoms with E-state index >= 15 is 0 Å². The minimum Gasteiger partial charge on any atom is -0.467 e. The van der Waals surface area contributed by atoms with Gasteiger partial charge in [-0.25, -0.2) is 5.01 Å². The Hall–Kier alpha value is -1.78. The molecule has 0 radical (unpaired) electrons. The van der Waals surface area contributed by atoms with Gasteiger partial charge in [0.1, 0.15) is 17.2 Å². The monoisotopic (exact) mass is 336 g/mol. The van der Waals surface area contributed by atoms with Crippen LogP contribution in [-0.4, -0.2) is 22.0 Å². The standard InChI is InChI=1S/C16H14Cl2N2O2/c1-10(17)16(21)20-14(15-3-2-8-22-15)9-13(19-20)11-4-6-12(18)7-5-11/h2-8,10,14H,9H2,1H3. The predicted molar refractivity (Wildman–Crippen MR) is 86.2 cm³/mol.